The highest BCUT2D eigenvalue weighted by atomic mass is 16.5. The average molecular weight is 341 g/mol. The summed E-state index contributed by atoms with van der Waals surface area (Å²) in [6.45, 7) is 15.2. The number of unbranched alkanes of at least 4 members (excludes halogenated alkanes) is 5. The number of hydrogen-bond acceptors (Lipinski definition) is 3. The van der Waals surface area contributed by atoms with Crippen LogP contribution < -0.4 is 0 Å². The van der Waals surface area contributed by atoms with Crippen LogP contribution in [-0.2, 0) is 14.3 Å². The Morgan fingerprint density at radius 3 is 2.17 bits per heavy atom. The van der Waals surface area contributed by atoms with Crippen LogP contribution in [0.3, 0.4) is 0 Å². The highest BCUT2D eigenvalue weighted by Gasteiger charge is 2.29. The molecule has 0 bridgehead atoms. The van der Waals surface area contributed by atoms with Crippen LogP contribution in [0, 0.1) is 5.92 Å². The standard InChI is InChI=1S/C21H40O3/c1-7-9-10-11-12-13-15-19(21(5,6)24-8-2)16-14-17-23-20(22)18(3)4/h19H,3,7-17H2,1-2,4-6H3/t19-/m1/s1. The Balaban J connectivity index is 4.24. The van der Waals surface area contributed by atoms with Gasteiger partial charge in [-0.2, -0.15) is 0 Å². The molecule has 0 unspecified atom stereocenters. The van der Waals surface area contributed by atoms with Gasteiger partial charge in [-0.15, -0.1) is 0 Å². The Kier molecular flexibility index (Phi) is 13.0. The molecular weight excluding hydrogens is 300 g/mol. The van der Waals surface area contributed by atoms with E-state index in [9.17, 15) is 4.79 Å². The molecule has 24 heavy (non-hydrogen) atoms. The maximum absolute atomic E-state index is 11.4. The molecule has 0 heterocycles. The number of carbonyl (C=O) groups is 1. The fourth-order valence-electron chi connectivity index (χ4n) is 3.12. The van der Waals surface area contributed by atoms with Gasteiger partial charge < -0.3 is 9.47 Å². The maximum atomic E-state index is 11.4. The van der Waals surface area contributed by atoms with E-state index in [2.05, 4.69) is 34.3 Å². The summed E-state index contributed by atoms with van der Waals surface area (Å²) in [6, 6.07) is 0. The Labute approximate surface area is 150 Å². The smallest absolute Gasteiger partial charge is 0.333 e. The molecule has 0 spiro atoms. The summed E-state index contributed by atoms with van der Waals surface area (Å²) in [5.41, 5.74) is 0.351. The number of carbonyl (C=O) groups excluding carboxylic acids is 1. The minimum atomic E-state index is -0.286. The highest BCUT2D eigenvalue weighted by molar-refractivity contribution is 5.86. The van der Waals surface area contributed by atoms with Crippen LogP contribution in [0.5, 0.6) is 0 Å². The van der Waals surface area contributed by atoms with E-state index in [0.717, 1.165) is 19.4 Å². The first-order valence-electron chi connectivity index (χ1n) is 9.81. The van der Waals surface area contributed by atoms with Gasteiger partial charge in [0.1, 0.15) is 0 Å². The van der Waals surface area contributed by atoms with Crippen molar-refractivity contribution in [3.8, 4) is 0 Å². The third-order valence-corrected chi connectivity index (χ3v) is 4.68. The predicted octanol–water partition coefficient (Wildman–Crippen LogP) is 6.07. The third-order valence-electron chi connectivity index (χ3n) is 4.68. The van der Waals surface area contributed by atoms with Crippen LogP contribution in [-0.4, -0.2) is 24.8 Å². The summed E-state index contributed by atoms with van der Waals surface area (Å²) in [4.78, 5) is 11.4. The van der Waals surface area contributed by atoms with Gasteiger partial charge in [-0.3, -0.25) is 0 Å². The molecule has 1 atom stereocenters. The van der Waals surface area contributed by atoms with Gasteiger partial charge >= 0.3 is 5.97 Å². The predicted molar refractivity (Wildman–Crippen MR) is 102 cm³/mol. The Morgan fingerprint density at radius 1 is 1.00 bits per heavy atom. The highest BCUT2D eigenvalue weighted by Crippen LogP contribution is 2.30. The Bertz CT molecular complexity index is 347. The lowest BCUT2D eigenvalue weighted by Gasteiger charge is -2.34. The molecule has 0 N–H and O–H groups in total. The molecule has 0 aromatic rings. The van der Waals surface area contributed by atoms with Crippen LogP contribution in [0.4, 0.5) is 0 Å². The van der Waals surface area contributed by atoms with E-state index < -0.39 is 0 Å². The molecule has 0 saturated carbocycles. The molecule has 0 aromatic heterocycles. The molecule has 0 rings (SSSR count). The molecule has 3 heteroatoms. The minimum Gasteiger partial charge on any atom is -0.462 e. The van der Waals surface area contributed by atoms with E-state index in [1.54, 1.807) is 6.92 Å². The second-order valence-electron chi connectivity index (χ2n) is 7.35. The van der Waals surface area contributed by atoms with E-state index >= 15 is 0 Å². The molecule has 142 valence electrons. The van der Waals surface area contributed by atoms with Gasteiger partial charge in [0.05, 0.1) is 12.2 Å². The summed E-state index contributed by atoms with van der Waals surface area (Å²) in [6.07, 6.45) is 11.0. The molecule has 0 aromatic carbocycles. The molecular formula is C21H40O3. The number of ether oxygens (including phenoxy) is 2. The van der Waals surface area contributed by atoms with Crippen LogP contribution in [0.2, 0.25) is 0 Å². The zero-order valence-electron chi connectivity index (χ0n) is 16.8. The third kappa shape index (κ3) is 10.9. The van der Waals surface area contributed by atoms with E-state index in [1.807, 2.05) is 0 Å². The normalized spacial score (nSPS) is 12.9. The van der Waals surface area contributed by atoms with Crippen molar-refractivity contribution in [1.82, 2.24) is 0 Å². The van der Waals surface area contributed by atoms with Gasteiger partial charge in [0, 0.05) is 12.2 Å². The first-order valence-corrected chi connectivity index (χ1v) is 9.81. The summed E-state index contributed by atoms with van der Waals surface area (Å²) in [5.74, 6) is 0.221. The summed E-state index contributed by atoms with van der Waals surface area (Å²) in [5, 5.41) is 0. The Hall–Kier alpha value is -0.830. The lowest BCUT2D eigenvalue weighted by molar-refractivity contribution is -0.139. The van der Waals surface area contributed by atoms with E-state index in [-0.39, 0.29) is 11.6 Å². The summed E-state index contributed by atoms with van der Waals surface area (Å²) >= 11 is 0. The molecule has 0 aliphatic rings. The topological polar surface area (TPSA) is 35.5 Å². The van der Waals surface area contributed by atoms with E-state index in [4.69, 9.17) is 9.47 Å². The Morgan fingerprint density at radius 2 is 1.58 bits per heavy atom. The fourth-order valence-corrected chi connectivity index (χ4v) is 3.12. The summed E-state index contributed by atoms with van der Waals surface area (Å²) in [7, 11) is 0. The van der Waals surface area contributed by atoms with Crippen molar-refractivity contribution >= 4 is 5.97 Å². The average Bonchev–Trinajstić information content (AvgIpc) is 2.51. The van der Waals surface area contributed by atoms with Gasteiger partial charge in [-0.05, 0) is 52.9 Å². The quantitative estimate of drug-likeness (QED) is 0.206. The van der Waals surface area contributed by atoms with Gasteiger partial charge in [0.15, 0.2) is 0 Å². The first kappa shape index (κ1) is 23.2. The second kappa shape index (κ2) is 13.5. The first-order chi connectivity index (χ1) is 11.3. The van der Waals surface area contributed by atoms with Crippen molar-refractivity contribution in [3.63, 3.8) is 0 Å². The van der Waals surface area contributed by atoms with Crippen molar-refractivity contribution in [2.45, 2.75) is 98.0 Å². The molecule has 0 amide bonds. The van der Waals surface area contributed by atoms with E-state index in [1.165, 1.54) is 44.9 Å². The van der Waals surface area contributed by atoms with Crippen LogP contribution in [0.15, 0.2) is 12.2 Å². The summed E-state index contributed by atoms with van der Waals surface area (Å²) < 4.78 is 11.2. The van der Waals surface area contributed by atoms with Crippen molar-refractivity contribution < 1.29 is 14.3 Å². The van der Waals surface area contributed by atoms with Crippen molar-refractivity contribution in [2.24, 2.45) is 5.92 Å². The second-order valence-corrected chi connectivity index (χ2v) is 7.35. The fraction of sp³-hybridized carbons (Fsp3) is 0.857. The van der Waals surface area contributed by atoms with Crippen molar-refractivity contribution in [1.29, 1.82) is 0 Å². The van der Waals surface area contributed by atoms with Crippen LogP contribution in [0.1, 0.15) is 92.4 Å². The lowest BCUT2D eigenvalue weighted by Crippen LogP contribution is -2.35. The zero-order chi connectivity index (χ0) is 18.4. The number of hydrogen-bond donors (Lipinski definition) is 0. The number of esters is 1. The van der Waals surface area contributed by atoms with Crippen molar-refractivity contribution in [3.05, 3.63) is 12.2 Å². The minimum absolute atomic E-state index is 0.115. The monoisotopic (exact) mass is 340 g/mol. The molecule has 0 fully saturated rings. The molecule has 0 aliphatic carbocycles. The lowest BCUT2D eigenvalue weighted by atomic mass is 9.82. The largest absolute Gasteiger partial charge is 0.462 e. The van der Waals surface area contributed by atoms with E-state index in [0.29, 0.717) is 18.1 Å². The molecule has 3 nitrogen and oxygen atoms in total. The molecule has 0 aliphatic heterocycles. The SMILES string of the molecule is C=C(C)C(=O)OCCC[C@@H](CCCCCCCC)C(C)(C)OCC. The van der Waals surface area contributed by atoms with Gasteiger partial charge in [-0.25, -0.2) is 4.79 Å². The molecule has 0 saturated heterocycles. The van der Waals surface area contributed by atoms with Crippen LogP contribution in [0.25, 0.3) is 0 Å². The molecule has 0 radical (unpaired) electrons. The maximum Gasteiger partial charge on any atom is 0.333 e. The zero-order valence-corrected chi connectivity index (χ0v) is 16.8. The van der Waals surface area contributed by atoms with Gasteiger partial charge in [-0.1, -0.05) is 52.0 Å². The number of rotatable bonds is 15. The van der Waals surface area contributed by atoms with Crippen molar-refractivity contribution in [2.75, 3.05) is 13.2 Å². The van der Waals surface area contributed by atoms with Crippen LogP contribution >= 0.6 is 0 Å². The van der Waals surface area contributed by atoms with Gasteiger partial charge in [0.2, 0.25) is 0 Å². The van der Waals surface area contributed by atoms with Gasteiger partial charge in [0.25, 0.3) is 0 Å².